The fourth-order valence-electron chi connectivity index (χ4n) is 1.71. The van der Waals surface area contributed by atoms with Crippen molar-refractivity contribution in [2.75, 3.05) is 0 Å². The highest BCUT2D eigenvalue weighted by molar-refractivity contribution is 6.30. The van der Waals surface area contributed by atoms with E-state index in [9.17, 15) is 5.11 Å². The van der Waals surface area contributed by atoms with Crippen LogP contribution in [0.1, 0.15) is 20.8 Å². The number of benzene rings is 1. The summed E-state index contributed by atoms with van der Waals surface area (Å²) in [5.41, 5.74) is -0.348. The van der Waals surface area contributed by atoms with Gasteiger partial charge in [-0.3, -0.25) is 0 Å². The number of hydrogen-bond acceptors (Lipinski definition) is 3. The molecule has 0 aliphatic rings. The van der Waals surface area contributed by atoms with Gasteiger partial charge in [-0.25, -0.2) is 4.98 Å². The first-order chi connectivity index (χ1) is 9.86. The quantitative estimate of drug-likeness (QED) is 0.845. The van der Waals surface area contributed by atoms with E-state index in [-0.39, 0.29) is 17.8 Å². The van der Waals surface area contributed by atoms with E-state index in [4.69, 9.17) is 16.3 Å². The molecule has 0 radical (unpaired) electrons. The lowest BCUT2D eigenvalue weighted by molar-refractivity contribution is 0.0637. The maximum Gasteiger partial charge on any atom is 0.150 e. The van der Waals surface area contributed by atoms with Crippen molar-refractivity contribution in [3.05, 3.63) is 53.8 Å². The van der Waals surface area contributed by atoms with E-state index in [2.05, 4.69) is 4.98 Å². The molecule has 1 aromatic carbocycles. The summed E-state index contributed by atoms with van der Waals surface area (Å²) in [7, 11) is 0. The van der Waals surface area contributed by atoms with Crippen LogP contribution in [0.4, 0.5) is 0 Å². The summed E-state index contributed by atoms with van der Waals surface area (Å²) in [6, 6.07) is 7.02. The van der Waals surface area contributed by atoms with Gasteiger partial charge in [-0.1, -0.05) is 32.4 Å². The second-order valence-corrected chi connectivity index (χ2v) is 6.30. The molecule has 0 bridgehead atoms. The molecule has 1 heterocycles. The van der Waals surface area contributed by atoms with E-state index >= 15 is 0 Å². The molecule has 120 valence electrons. The minimum absolute atomic E-state index is 0. The molecular weight excluding hydrogens is 323 g/mol. The molecule has 1 unspecified atom stereocenters. The standard InChI is InChI=1S/C16H19ClN2O2.ClH/c1-16(2,3)15(20)14(10-19-9-8-18-11-19)21-13-6-4-12(17)5-7-13;/h4-11,15,20H,1-3H3;1H. The minimum atomic E-state index is -0.754. The summed E-state index contributed by atoms with van der Waals surface area (Å²) >= 11 is 5.87. The summed E-state index contributed by atoms with van der Waals surface area (Å²) < 4.78 is 7.57. The zero-order valence-electron chi connectivity index (χ0n) is 12.7. The van der Waals surface area contributed by atoms with Crippen LogP contribution in [0.3, 0.4) is 0 Å². The number of aromatic nitrogens is 2. The van der Waals surface area contributed by atoms with Gasteiger partial charge in [0.2, 0.25) is 0 Å². The average Bonchev–Trinajstić information content (AvgIpc) is 2.91. The maximum absolute atomic E-state index is 10.5. The number of imidazole rings is 1. The number of aliphatic hydroxyl groups excluding tert-OH is 1. The van der Waals surface area contributed by atoms with E-state index in [1.807, 2.05) is 20.8 Å². The Kier molecular flexibility index (Phi) is 6.48. The smallest absolute Gasteiger partial charge is 0.150 e. The van der Waals surface area contributed by atoms with Crippen molar-refractivity contribution in [1.29, 1.82) is 0 Å². The molecule has 1 aromatic heterocycles. The lowest BCUT2D eigenvalue weighted by Crippen LogP contribution is -2.30. The molecule has 0 saturated carbocycles. The van der Waals surface area contributed by atoms with Gasteiger partial charge in [0.25, 0.3) is 0 Å². The largest absolute Gasteiger partial charge is 0.457 e. The molecule has 0 amide bonds. The first-order valence-corrected chi connectivity index (χ1v) is 7.05. The van der Waals surface area contributed by atoms with Crippen LogP contribution in [0, 0.1) is 5.41 Å². The van der Waals surface area contributed by atoms with Gasteiger partial charge in [0.1, 0.15) is 17.6 Å². The second-order valence-electron chi connectivity index (χ2n) is 5.87. The third-order valence-electron chi connectivity index (χ3n) is 2.94. The summed E-state index contributed by atoms with van der Waals surface area (Å²) in [6.07, 6.45) is 6.05. The molecule has 0 saturated heterocycles. The fraction of sp³-hybridized carbons (Fsp3) is 0.312. The van der Waals surface area contributed by atoms with Crippen LogP contribution in [0.15, 0.2) is 48.7 Å². The van der Waals surface area contributed by atoms with E-state index in [1.54, 1.807) is 53.8 Å². The molecule has 1 N–H and O–H groups in total. The molecule has 0 aliphatic heterocycles. The SMILES string of the molecule is CC(C)(C)C(O)C(=Cn1ccnc1)Oc1ccc(Cl)cc1.Cl. The highest BCUT2D eigenvalue weighted by atomic mass is 35.5. The summed E-state index contributed by atoms with van der Waals surface area (Å²) in [6.45, 7) is 5.85. The molecular formula is C16H20Cl2N2O2. The van der Waals surface area contributed by atoms with Crippen LogP contribution in [-0.4, -0.2) is 20.8 Å². The van der Waals surface area contributed by atoms with Gasteiger partial charge in [0.15, 0.2) is 0 Å². The third kappa shape index (κ3) is 5.05. The molecule has 2 aromatic rings. The van der Waals surface area contributed by atoms with Crippen LogP contribution < -0.4 is 4.74 Å². The Morgan fingerprint density at radius 3 is 2.45 bits per heavy atom. The molecule has 0 aliphatic carbocycles. The predicted molar refractivity (Wildman–Crippen MR) is 91.3 cm³/mol. The summed E-state index contributed by atoms with van der Waals surface area (Å²) in [4.78, 5) is 3.98. The Bertz CT molecular complexity index is 602. The molecule has 6 heteroatoms. The van der Waals surface area contributed by atoms with Crippen LogP contribution in [0.25, 0.3) is 6.20 Å². The number of aliphatic hydroxyl groups is 1. The summed E-state index contributed by atoms with van der Waals surface area (Å²) in [5.74, 6) is 1.07. The Balaban J connectivity index is 0.00000242. The topological polar surface area (TPSA) is 47.3 Å². The third-order valence-corrected chi connectivity index (χ3v) is 3.19. The predicted octanol–water partition coefficient (Wildman–Crippen LogP) is 4.24. The van der Waals surface area contributed by atoms with Gasteiger partial charge in [-0.2, -0.15) is 0 Å². The van der Waals surface area contributed by atoms with Crippen LogP contribution in [-0.2, 0) is 0 Å². The highest BCUT2D eigenvalue weighted by Crippen LogP contribution is 2.28. The fourth-order valence-corrected chi connectivity index (χ4v) is 1.84. The molecule has 0 fully saturated rings. The number of nitrogens with zero attached hydrogens (tertiary/aromatic N) is 2. The molecule has 1 atom stereocenters. The Labute approximate surface area is 141 Å². The normalized spacial score (nSPS) is 13.4. The Morgan fingerprint density at radius 2 is 1.95 bits per heavy atom. The molecule has 0 spiro atoms. The number of halogens is 2. The zero-order valence-corrected chi connectivity index (χ0v) is 14.3. The number of rotatable bonds is 4. The van der Waals surface area contributed by atoms with Crippen LogP contribution >= 0.6 is 24.0 Å². The number of ether oxygens (including phenoxy) is 1. The maximum atomic E-state index is 10.5. The molecule has 22 heavy (non-hydrogen) atoms. The van der Waals surface area contributed by atoms with Crippen molar-refractivity contribution in [3.63, 3.8) is 0 Å². The monoisotopic (exact) mass is 342 g/mol. The Morgan fingerprint density at radius 1 is 1.32 bits per heavy atom. The van der Waals surface area contributed by atoms with Crippen molar-refractivity contribution in [2.45, 2.75) is 26.9 Å². The lowest BCUT2D eigenvalue weighted by atomic mass is 9.88. The Hall–Kier alpha value is -1.49. The van der Waals surface area contributed by atoms with Gasteiger partial charge in [-0.05, 0) is 29.7 Å². The van der Waals surface area contributed by atoms with Gasteiger partial charge < -0.3 is 14.4 Å². The second kappa shape index (κ2) is 7.68. The van der Waals surface area contributed by atoms with E-state index < -0.39 is 6.10 Å². The summed E-state index contributed by atoms with van der Waals surface area (Å²) in [5, 5.41) is 11.1. The van der Waals surface area contributed by atoms with E-state index in [1.165, 1.54) is 0 Å². The van der Waals surface area contributed by atoms with Crippen molar-refractivity contribution < 1.29 is 9.84 Å². The molecule has 2 rings (SSSR count). The van der Waals surface area contributed by atoms with Crippen molar-refractivity contribution >= 4 is 30.2 Å². The molecule has 4 nitrogen and oxygen atoms in total. The minimum Gasteiger partial charge on any atom is -0.457 e. The highest BCUT2D eigenvalue weighted by Gasteiger charge is 2.28. The first kappa shape index (κ1) is 18.6. The van der Waals surface area contributed by atoms with Crippen molar-refractivity contribution in [1.82, 2.24) is 9.55 Å². The van der Waals surface area contributed by atoms with Crippen molar-refractivity contribution in [2.24, 2.45) is 5.41 Å². The van der Waals surface area contributed by atoms with Gasteiger partial charge in [0.05, 0.1) is 12.5 Å². The average molecular weight is 343 g/mol. The van der Waals surface area contributed by atoms with Gasteiger partial charge in [0, 0.05) is 17.4 Å². The van der Waals surface area contributed by atoms with Crippen molar-refractivity contribution in [3.8, 4) is 5.75 Å². The first-order valence-electron chi connectivity index (χ1n) is 6.67. The van der Waals surface area contributed by atoms with Crippen LogP contribution in [0.2, 0.25) is 5.02 Å². The number of hydrogen-bond donors (Lipinski definition) is 1. The zero-order chi connectivity index (χ0) is 15.5. The van der Waals surface area contributed by atoms with E-state index in [0.717, 1.165) is 0 Å². The van der Waals surface area contributed by atoms with E-state index in [0.29, 0.717) is 16.5 Å². The van der Waals surface area contributed by atoms with Crippen LogP contribution in [0.5, 0.6) is 5.75 Å². The van der Waals surface area contributed by atoms with Gasteiger partial charge in [-0.15, -0.1) is 12.4 Å². The lowest BCUT2D eigenvalue weighted by Gasteiger charge is -2.27. The van der Waals surface area contributed by atoms with Gasteiger partial charge >= 0.3 is 0 Å².